The van der Waals surface area contributed by atoms with Gasteiger partial charge in [0, 0.05) is 19.3 Å². The Morgan fingerprint density at radius 1 is 1.31 bits per heavy atom. The highest BCUT2D eigenvalue weighted by Crippen LogP contribution is 2.44. The average Bonchev–Trinajstić information content (AvgIpc) is 2.53. The van der Waals surface area contributed by atoms with Crippen LogP contribution in [0.3, 0.4) is 0 Å². The number of allylic oxidation sites excluding steroid dienone is 3. The molecule has 1 aliphatic heterocycles. The molecule has 0 bridgehead atoms. The van der Waals surface area contributed by atoms with Crippen LogP contribution in [0.4, 0.5) is 0 Å². The third-order valence-corrected chi connectivity index (χ3v) is 5.99. The van der Waals surface area contributed by atoms with Gasteiger partial charge >= 0.3 is 11.9 Å². The third kappa shape index (κ3) is 4.37. The summed E-state index contributed by atoms with van der Waals surface area (Å²) in [5.41, 5.74) is 1.25. The molecule has 0 aromatic carbocycles. The number of carbonyl (C=O) groups excluding carboxylic acids is 2. The largest absolute Gasteiger partial charge is 0.462 e. The Kier molecular flexibility index (Phi) is 5.86. The van der Waals surface area contributed by atoms with Gasteiger partial charge in [0.05, 0.1) is 12.5 Å². The average molecular weight is 362 g/mol. The Bertz CT molecular complexity index is 606. The van der Waals surface area contributed by atoms with Crippen LogP contribution in [0, 0.1) is 23.7 Å². The van der Waals surface area contributed by atoms with Gasteiger partial charge < -0.3 is 14.6 Å². The topological polar surface area (TPSA) is 72.8 Å². The van der Waals surface area contributed by atoms with Crippen molar-refractivity contribution in [1.29, 1.82) is 0 Å². The van der Waals surface area contributed by atoms with Gasteiger partial charge in [0.15, 0.2) is 0 Å². The first-order valence-corrected chi connectivity index (χ1v) is 9.78. The smallest absolute Gasteiger partial charge is 0.309 e. The van der Waals surface area contributed by atoms with Crippen LogP contribution in [0.25, 0.3) is 0 Å². The second-order valence-corrected chi connectivity index (χ2v) is 8.22. The van der Waals surface area contributed by atoms with Crippen LogP contribution in [-0.4, -0.2) is 35.4 Å². The molecule has 0 aromatic rings. The highest BCUT2D eigenvalue weighted by molar-refractivity contribution is 5.72. The van der Waals surface area contributed by atoms with Crippen molar-refractivity contribution in [2.45, 2.75) is 71.2 Å². The van der Waals surface area contributed by atoms with Crippen molar-refractivity contribution in [2.75, 3.05) is 0 Å². The first-order chi connectivity index (χ1) is 12.3. The summed E-state index contributed by atoms with van der Waals surface area (Å²) in [5.74, 6) is 0.624. The molecular formula is C21H30O5. The molecule has 2 aliphatic carbocycles. The van der Waals surface area contributed by atoms with Gasteiger partial charge in [-0.2, -0.15) is 0 Å². The first kappa shape index (κ1) is 19.2. The maximum absolute atomic E-state index is 11.8. The minimum absolute atomic E-state index is 0.144. The van der Waals surface area contributed by atoms with Crippen LogP contribution < -0.4 is 0 Å². The van der Waals surface area contributed by atoms with Crippen LogP contribution in [0.5, 0.6) is 0 Å². The summed E-state index contributed by atoms with van der Waals surface area (Å²) >= 11 is 0. The Balaban J connectivity index is 1.64. The molecule has 1 fully saturated rings. The molecule has 0 aromatic heterocycles. The Morgan fingerprint density at radius 2 is 2.08 bits per heavy atom. The van der Waals surface area contributed by atoms with Gasteiger partial charge in [-0.1, -0.05) is 32.1 Å². The van der Waals surface area contributed by atoms with Gasteiger partial charge in [0.2, 0.25) is 0 Å². The number of carbonyl (C=O) groups is 2. The van der Waals surface area contributed by atoms with Gasteiger partial charge in [0.25, 0.3) is 0 Å². The lowest BCUT2D eigenvalue weighted by Gasteiger charge is -2.42. The fourth-order valence-electron chi connectivity index (χ4n) is 4.86. The van der Waals surface area contributed by atoms with Gasteiger partial charge in [0.1, 0.15) is 12.2 Å². The number of aliphatic hydroxyl groups excluding tert-OH is 1. The molecule has 0 saturated carbocycles. The summed E-state index contributed by atoms with van der Waals surface area (Å²) < 4.78 is 10.7. The van der Waals surface area contributed by atoms with Gasteiger partial charge in [-0.05, 0) is 42.6 Å². The summed E-state index contributed by atoms with van der Waals surface area (Å²) in [6.45, 7) is 5.70. The van der Waals surface area contributed by atoms with Crippen LogP contribution >= 0.6 is 0 Å². The molecule has 3 rings (SSSR count). The lowest BCUT2D eigenvalue weighted by molar-refractivity contribution is -0.168. The quantitative estimate of drug-likeness (QED) is 0.778. The predicted molar refractivity (Wildman–Crippen MR) is 97.1 cm³/mol. The number of hydrogen-bond acceptors (Lipinski definition) is 5. The van der Waals surface area contributed by atoms with E-state index < -0.39 is 0 Å². The lowest BCUT2D eigenvalue weighted by atomic mass is 9.65. The standard InChI is InChI=1S/C21H30O5/c1-12-8-15-5-4-13(2)18(21(15)19(23)9-12)7-6-16-10-17(25-14(3)22)11-20(24)26-16/h4-5,8,12-13,16-19,21,23H,6-7,9-11H2,1-3H3/t12-,13-,16+,17+,18-,19-,21?/m0/s1. The molecule has 7 atom stereocenters. The second-order valence-electron chi connectivity index (χ2n) is 8.22. The van der Waals surface area contributed by atoms with Crippen molar-refractivity contribution < 1.29 is 24.2 Å². The number of cyclic esters (lactones) is 1. The van der Waals surface area contributed by atoms with Crippen molar-refractivity contribution in [2.24, 2.45) is 23.7 Å². The van der Waals surface area contributed by atoms with Crippen molar-refractivity contribution in [3.63, 3.8) is 0 Å². The van der Waals surface area contributed by atoms with E-state index in [0.29, 0.717) is 24.2 Å². The van der Waals surface area contributed by atoms with Gasteiger partial charge in [-0.15, -0.1) is 0 Å². The lowest BCUT2D eigenvalue weighted by Crippen LogP contribution is -2.39. The fraction of sp³-hybridized carbons (Fsp3) is 0.714. The summed E-state index contributed by atoms with van der Waals surface area (Å²) in [4.78, 5) is 23.0. The van der Waals surface area contributed by atoms with E-state index in [-0.39, 0.29) is 42.6 Å². The number of hydrogen-bond donors (Lipinski definition) is 1. The maximum Gasteiger partial charge on any atom is 0.309 e. The first-order valence-electron chi connectivity index (χ1n) is 9.78. The minimum Gasteiger partial charge on any atom is -0.462 e. The van der Waals surface area contributed by atoms with Crippen molar-refractivity contribution in [3.8, 4) is 0 Å². The zero-order valence-electron chi connectivity index (χ0n) is 15.9. The summed E-state index contributed by atoms with van der Waals surface area (Å²) in [6, 6.07) is 0. The van der Waals surface area contributed by atoms with E-state index in [1.165, 1.54) is 12.5 Å². The molecule has 3 aliphatic rings. The molecule has 1 saturated heterocycles. The SMILES string of the molecule is CC(=O)O[C@H]1CC(=O)O[C@H](CC[C@@H]2C3C(=C[C@H](C)C[C@@H]3O)C=C[C@@H]2C)C1. The molecule has 144 valence electrons. The Labute approximate surface area is 155 Å². The number of esters is 2. The van der Waals surface area contributed by atoms with E-state index in [1.807, 2.05) is 0 Å². The molecule has 1 heterocycles. The highest BCUT2D eigenvalue weighted by atomic mass is 16.6. The molecular weight excluding hydrogens is 332 g/mol. The van der Waals surface area contributed by atoms with Crippen LogP contribution in [-0.2, 0) is 19.1 Å². The fourth-order valence-corrected chi connectivity index (χ4v) is 4.86. The monoisotopic (exact) mass is 362 g/mol. The van der Waals surface area contributed by atoms with Crippen molar-refractivity contribution in [3.05, 3.63) is 23.8 Å². The molecule has 0 spiro atoms. The van der Waals surface area contributed by atoms with E-state index in [2.05, 4.69) is 32.1 Å². The van der Waals surface area contributed by atoms with Crippen molar-refractivity contribution >= 4 is 11.9 Å². The Morgan fingerprint density at radius 3 is 2.81 bits per heavy atom. The number of aliphatic hydroxyl groups is 1. The molecule has 1 unspecified atom stereocenters. The second kappa shape index (κ2) is 7.95. The molecule has 0 amide bonds. The zero-order chi connectivity index (χ0) is 18.8. The molecule has 26 heavy (non-hydrogen) atoms. The predicted octanol–water partition coefficient (Wildman–Crippen LogP) is 3.17. The van der Waals surface area contributed by atoms with Gasteiger partial charge in [-0.3, -0.25) is 9.59 Å². The molecule has 1 N–H and O–H groups in total. The van der Waals surface area contributed by atoms with E-state index >= 15 is 0 Å². The zero-order valence-corrected chi connectivity index (χ0v) is 15.9. The van der Waals surface area contributed by atoms with Crippen LogP contribution in [0.15, 0.2) is 23.8 Å². The summed E-state index contributed by atoms with van der Waals surface area (Å²) in [5, 5.41) is 10.7. The molecule has 5 heteroatoms. The number of rotatable bonds is 4. The van der Waals surface area contributed by atoms with Crippen LogP contribution in [0.2, 0.25) is 0 Å². The molecule has 5 nitrogen and oxygen atoms in total. The van der Waals surface area contributed by atoms with E-state index in [0.717, 1.165) is 19.3 Å². The van der Waals surface area contributed by atoms with Crippen LogP contribution in [0.1, 0.15) is 52.9 Å². The van der Waals surface area contributed by atoms with E-state index in [4.69, 9.17) is 9.47 Å². The Hall–Kier alpha value is -1.62. The van der Waals surface area contributed by atoms with Gasteiger partial charge in [-0.25, -0.2) is 0 Å². The normalized spacial score (nSPS) is 39.6. The maximum atomic E-state index is 11.8. The van der Waals surface area contributed by atoms with E-state index in [1.54, 1.807) is 0 Å². The summed E-state index contributed by atoms with van der Waals surface area (Å²) in [7, 11) is 0. The molecule has 0 radical (unpaired) electrons. The third-order valence-electron chi connectivity index (χ3n) is 5.99. The number of fused-ring (bicyclic) bond motifs is 1. The number of ether oxygens (including phenoxy) is 2. The van der Waals surface area contributed by atoms with E-state index in [9.17, 15) is 14.7 Å². The van der Waals surface area contributed by atoms with Crippen molar-refractivity contribution in [1.82, 2.24) is 0 Å². The minimum atomic E-state index is -0.376. The highest BCUT2D eigenvalue weighted by Gasteiger charge is 2.39. The summed E-state index contributed by atoms with van der Waals surface area (Å²) in [6.07, 6.45) is 8.90.